The molecule has 0 unspecified atom stereocenters. The summed E-state index contributed by atoms with van der Waals surface area (Å²) >= 11 is 3.59. The van der Waals surface area contributed by atoms with E-state index >= 15 is 0 Å². The molecular weight excluding hydrogens is 294 g/mol. The van der Waals surface area contributed by atoms with Crippen LogP contribution in [-0.2, 0) is 0 Å². The summed E-state index contributed by atoms with van der Waals surface area (Å²) in [5.41, 5.74) is 6.99. The molecular formula is C13H16BrN3O. The van der Waals surface area contributed by atoms with Crippen LogP contribution in [0.1, 0.15) is 25.7 Å². The first-order valence-electron chi connectivity index (χ1n) is 6.28. The maximum atomic E-state index is 6.07. The third-order valence-electron chi connectivity index (χ3n) is 3.48. The highest BCUT2D eigenvalue weighted by Crippen LogP contribution is 2.34. The van der Waals surface area contributed by atoms with Crippen molar-refractivity contribution in [3.05, 3.63) is 22.8 Å². The standard InChI is InChI=1S/C13H16BrN3O/c14-13-10-7-16-17-11(10)4-5-12(13)18-9-3-1-2-8(15)6-9/h4-5,7-9H,1-3,6,15H2,(H,16,17)/t8-,9-/m1/s1. The van der Waals surface area contributed by atoms with Crippen molar-refractivity contribution >= 4 is 26.8 Å². The molecule has 3 N–H and O–H groups in total. The minimum atomic E-state index is 0.231. The average Bonchev–Trinajstić information content (AvgIpc) is 2.82. The molecule has 1 aliphatic rings. The topological polar surface area (TPSA) is 63.9 Å². The Balaban J connectivity index is 1.83. The second-order valence-corrected chi connectivity index (χ2v) is 5.67. The molecule has 0 aliphatic heterocycles. The van der Waals surface area contributed by atoms with Crippen LogP contribution < -0.4 is 10.5 Å². The molecule has 18 heavy (non-hydrogen) atoms. The van der Waals surface area contributed by atoms with Gasteiger partial charge in [-0.2, -0.15) is 5.10 Å². The zero-order valence-corrected chi connectivity index (χ0v) is 11.6. The molecule has 0 amide bonds. The summed E-state index contributed by atoms with van der Waals surface area (Å²) in [7, 11) is 0. The second kappa shape index (κ2) is 4.90. The SMILES string of the molecule is N[C@@H]1CCC[C@@H](Oc2ccc3[nH]ncc3c2Br)C1. The zero-order chi connectivity index (χ0) is 12.5. The molecule has 1 heterocycles. The van der Waals surface area contributed by atoms with E-state index in [1.165, 1.54) is 0 Å². The van der Waals surface area contributed by atoms with Crippen LogP contribution in [0.25, 0.3) is 10.9 Å². The van der Waals surface area contributed by atoms with Crippen LogP contribution in [0.2, 0.25) is 0 Å². The van der Waals surface area contributed by atoms with E-state index in [9.17, 15) is 0 Å². The third-order valence-corrected chi connectivity index (χ3v) is 4.30. The number of hydrogen-bond donors (Lipinski definition) is 2. The highest BCUT2D eigenvalue weighted by atomic mass is 79.9. The third kappa shape index (κ3) is 2.24. The lowest BCUT2D eigenvalue weighted by Gasteiger charge is -2.27. The van der Waals surface area contributed by atoms with Crippen molar-refractivity contribution in [3.8, 4) is 5.75 Å². The molecule has 1 fully saturated rings. The van der Waals surface area contributed by atoms with E-state index in [1.54, 1.807) is 6.20 Å². The largest absolute Gasteiger partial charge is 0.489 e. The van der Waals surface area contributed by atoms with Gasteiger partial charge >= 0.3 is 0 Å². The lowest BCUT2D eigenvalue weighted by molar-refractivity contribution is 0.144. The van der Waals surface area contributed by atoms with E-state index < -0.39 is 0 Å². The van der Waals surface area contributed by atoms with Gasteiger partial charge in [0.1, 0.15) is 11.9 Å². The van der Waals surface area contributed by atoms with Crippen molar-refractivity contribution < 1.29 is 4.74 Å². The van der Waals surface area contributed by atoms with Gasteiger partial charge in [-0.15, -0.1) is 0 Å². The quantitative estimate of drug-likeness (QED) is 0.896. The molecule has 2 atom stereocenters. The first-order chi connectivity index (χ1) is 8.74. The van der Waals surface area contributed by atoms with Gasteiger partial charge in [-0.1, -0.05) is 0 Å². The number of fused-ring (bicyclic) bond motifs is 1. The molecule has 2 aromatic rings. The zero-order valence-electron chi connectivity index (χ0n) is 10.0. The van der Waals surface area contributed by atoms with Gasteiger partial charge in [0.25, 0.3) is 0 Å². The number of hydrogen-bond acceptors (Lipinski definition) is 3. The summed E-state index contributed by atoms with van der Waals surface area (Å²) in [5, 5.41) is 8.02. The molecule has 0 saturated heterocycles. The Labute approximate surface area is 114 Å². The fourth-order valence-corrected chi connectivity index (χ4v) is 3.06. The second-order valence-electron chi connectivity index (χ2n) is 4.88. The lowest BCUT2D eigenvalue weighted by Crippen LogP contribution is -2.33. The van der Waals surface area contributed by atoms with Crippen LogP contribution >= 0.6 is 15.9 Å². The molecule has 1 saturated carbocycles. The van der Waals surface area contributed by atoms with Gasteiger partial charge in [0.05, 0.1) is 16.2 Å². The summed E-state index contributed by atoms with van der Waals surface area (Å²) in [6.45, 7) is 0. The van der Waals surface area contributed by atoms with Crippen LogP contribution in [0, 0.1) is 0 Å². The Bertz CT molecular complexity index is 554. The van der Waals surface area contributed by atoms with Crippen molar-refractivity contribution in [2.24, 2.45) is 5.73 Å². The van der Waals surface area contributed by atoms with Crippen LogP contribution in [0.5, 0.6) is 5.75 Å². The molecule has 1 aromatic heterocycles. The number of H-pyrrole nitrogens is 1. The van der Waals surface area contributed by atoms with E-state index in [0.29, 0.717) is 0 Å². The van der Waals surface area contributed by atoms with E-state index in [-0.39, 0.29) is 12.1 Å². The fraction of sp³-hybridized carbons (Fsp3) is 0.462. The highest BCUT2D eigenvalue weighted by Gasteiger charge is 2.21. The smallest absolute Gasteiger partial charge is 0.134 e. The van der Waals surface area contributed by atoms with E-state index in [4.69, 9.17) is 10.5 Å². The summed E-state index contributed by atoms with van der Waals surface area (Å²) in [5.74, 6) is 0.878. The minimum absolute atomic E-state index is 0.231. The molecule has 5 heteroatoms. The molecule has 1 aliphatic carbocycles. The van der Waals surface area contributed by atoms with Gasteiger partial charge in [0.15, 0.2) is 0 Å². The number of nitrogens with one attached hydrogen (secondary N) is 1. The number of aromatic nitrogens is 2. The van der Waals surface area contributed by atoms with Crippen molar-refractivity contribution in [1.82, 2.24) is 10.2 Å². The minimum Gasteiger partial charge on any atom is -0.489 e. The predicted octanol–water partition coefficient (Wildman–Crippen LogP) is 2.97. The van der Waals surface area contributed by atoms with Crippen LogP contribution in [0.4, 0.5) is 0 Å². The number of rotatable bonds is 2. The van der Waals surface area contributed by atoms with Crippen molar-refractivity contribution in [3.63, 3.8) is 0 Å². The van der Waals surface area contributed by atoms with Crippen molar-refractivity contribution in [2.45, 2.75) is 37.8 Å². The van der Waals surface area contributed by atoms with Crippen LogP contribution in [0.15, 0.2) is 22.8 Å². The first-order valence-corrected chi connectivity index (χ1v) is 7.07. The highest BCUT2D eigenvalue weighted by molar-refractivity contribution is 9.10. The van der Waals surface area contributed by atoms with E-state index in [2.05, 4.69) is 26.1 Å². The molecule has 96 valence electrons. The number of nitrogens with two attached hydrogens (primary N) is 1. The number of benzene rings is 1. The van der Waals surface area contributed by atoms with Gasteiger partial charge in [0, 0.05) is 11.4 Å². The monoisotopic (exact) mass is 309 g/mol. The van der Waals surface area contributed by atoms with Crippen molar-refractivity contribution in [2.75, 3.05) is 0 Å². The number of aromatic amines is 1. The molecule has 3 rings (SSSR count). The number of nitrogens with zero attached hydrogens (tertiary/aromatic N) is 1. The maximum Gasteiger partial charge on any atom is 0.134 e. The van der Waals surface area contributed by atoms with Gasteiger partial charge in [-0.25, -0.2) is 0 Å². The predicted molar refractivity (Wildman–Crippen MR) is 74.7 cm³/mol. The Kier molecular flexibility index (Phi) is 3.26. The van der Waals surface area contributed by atoms with Gasteiger partial charge in [-0.05, 0) is 53.7 Å². The summed E-state index contributed by atoms with van der Waals surface area (Å²) in [6, 6.07) is 4.25. The Morgan fingerprint density at radius 3 is 3.11 bits per heavy atom. The van der Waals surface area contributed by atoms with Gasteiger partial charge < -0.3 is 10.5 Å². The number of ether oxygens (including phenoxy) is 1. The fourth-order valence-electron chi connectivity index (χ4n) is 2.52. The van der Waals surface area contributed by atoms with Crippen LogP contribution in [-0.4, -0.2) is 22.3 Å². The maximum absolute atomic E-state index is 6.07. The molecule has 0 bridgehead atoms. The van der Waals surface area contributed by atoms with E-state index in [0.717, 1.165) is 46.8 Å². The Hall–Kier alpha value is -1.07. The number of halogens is 1. The van der Waals surface area contributed by atoms with Gasteiger partial charge in [-0.3, -0.25) is 5.10 Å². The summed E-state index contributed by atoms with van der Waals surface area (Å²) in [6.07, 6.45) is 6.33. The lowest BCUT2D eigenvalue weighted by atomic mass is 9.93. The van der Waals surface area contributed by atoms with Crippen molar-refractivity contribution in [1.29, 1.82) is 0 Å². The molecule has 0 radical (unpaired) electrons. The first kappa shape index (κ1) is 12.0. The Morgan fingerprint density at radius 2 is 2.28 bits per heavy atom. The van der Waals surface area contributed by atoms with Crippen LogP contribution in [0.3, 0.4) is 0 Å². The summed E-state index contributed by atoms with van der Waals surface area (Å²) < 4.78 is 7.03. The van der Waals surface area contributed by atoms with E-state index in [1.807, 2.05) is 12.1 Å². The average molecular weight is 310 g/mol. The normalized spacial score (nSPS) is 24.3. The molecule has 0 spiro atoms. The van der Waals surface area contributed by atoms with Gasteiger partial charge in [0.2, 0.25) is 0 Å². The Morgan fingerprint density at radius 1 is 1.39 bits per heavy atom. The molecule has 1 aromatic carbocycles. The summed E-state index contributed by atoms with van der Waals surface area (Å²) in [4.78, 5) is 0. The molecule has 4 nitrogen and oxygen atoms in total.